The molecule has 0 saturated carbocycles. The van der Waals surface area contributed by atoms with Crippen LogP contribution in [0.4, 0.5) is 0 Å². The summed E-state index contributed by atoms with van der Waals surface area (Å²) in [7, 11) is 0. The average Bonchev–Trinajstić information content (AvgIpc) is 2.27. The minimum atomic E-state index is 0.223. The van der Waals surface area contributed by atoms with Crippen molar-refractivity contribution in [1.29, 1.82) is 0 Å². The van der Waals surface area contributed by atoms with Gasteiger partial charge in [0.1, 0.15) is 0 Å². The molecule has 2 nitrogen and oxygen atoms in total. The Morgan fingerprint density at radius 1 is 1.43 bits per heavy atom. The number of nitrogens with zero attached hydrogens (tertiary/aromatic N) is 1. The van der Waals surface area contributed by atoms with Gasteiger partial charge in [-0.3, -0.25) is 4.99 Å². The minimum absolute atomic E-state index is 0.223. The van der Waals surface area contributed by atoms with Crippen molar-refractivity contribution >= 4 is 16.9 Å². The van der Waals surface area contributed by atoms with E-state index in [0.717, 1.165) is 16.8 Å². The van der Waals surface area contributed by atoms with Crippen LogP contribution in [0.5, 0.6) is 0 Å². The standard InChI is InChI=1S/C11H22N2S/c1-8(2)6-9(3)12-10-13-11(4,5)7-14-10/h8-9H,6-7H2,1-5H3,(H,12,13). The highest BCUT2D eigenvalue weighted by molar-refractivity contribution is 8.14. The van der Waals surface area contributed by atoms with Crippen LogP contribution in [-0.4, -0.2) is 22.5 Å². The Kier molecular flexibility index (Phi) is 3.87. The number of amidine groups is 1. The van der Waals surface area contributed by atoms with E-state index in [0.29, 0.717) is 6.04 Å². The maximum absolute atomic E-state index is 4.68. The molecular weight excluding hydrogens is 192 g/mol. The predicted octanol–water partition coefficient (Wildman–Crippen LogP) is 2.89. The topological polar surface area (TPSA) is 24.4 Å². The molecule has 1 rings (SSSR count). The Balaban J connectivity index is 2.45. The molecule has 0 aliphatic carbocycles. The first-order chi connectivity index (χ1) is 6.39. The summed E-state index contributed by atoms with van der Waals surface area (Å²) < 4.78 is 0. The molecule has 1 atom stereocenters. The molecule has 0 amide bonds. The number of thioether (sulfide) groups is 1. The van der Waals surface area contributed by atoms with Crippen LogP contribution in [0.3, 0.4) is 0 Å². The first-order valence-corrected chi connectivity index (χ1v) is 6.36. The third kappa shape index (κ3) is 3.91. The molecule has 1 unspecified atom stereocenters. The zero-order valence-electron chi connectivity index (χ0n) is 9.92. The molecule has 0 aromatic rings. The maximum atomic E-state index is 4.68. The van der Waals surface area contributed by atoms with Crippen molar-refractivity contribution in [2.75, 3.05) is 5.75 Å². The van der Waals surface area contributed by atoms with Gasteiger partial charge in [-0.2, -0.15) is 0 Å². The average molecular weight is 214 g/mol. The molecule has 1 N–H and O–H groups in total. The second-order valence-corrected chi connectivity index (χ2v) is 6.17. The summed E-state index contributed by atoms with van der Waals surface area (Å²) in [5.74, 6) is 1.86. The maximum Gasteiger partial charge on any atom is 0.157 e. The number of nitrogens with one attached hydrogen (secondary N) is 1. The molecule has 82 valence electrons. The molecule has 3 heteroatoms. The molecule has 0 aromatic heterocycles. The Morgan fingerprint density at radius 3 is 2.50 bits per heavy atom. The van der Waals surface area contributed by atoms with E-state index in [9.17, 15) is 0 Å². The molecule has 1 heterocycles. The molecule has 0 spiro atoms. The smallest absolute Gasteiger partial charge is 0.157 e. The zero-order chi connectivity index (χ0) is 10.8. The number of aliphatic imine (C=N–C) groups is 1. The SMILES string of the molecule is CC(C)CC(C)N=C1NC(C)(C)CS1. The van der Waals surface area contributed by atoms with Gasteiger partial charge in [0.25, 0.3) is 0 Å². The van der Waals surface area contributed by atoms with Gasteiger partial charge in [0.05, 0.1) is 6.04 Å². The molecule has 0 bridgehead atoms. The summed E-state index contributed by atoms with van der Waals surface area (Å²) in [4.78, 5) is 4.68. The highest BCUT2D eigenvalue weighted by atomic mass is 32.2. The number of hydrogen-bond acceptors (Lipinski definition) is 2. The fourth-order valence-corrected chi connectivity index (χ4v) is 2.79. The van der Waals surface area contributed by atoms with E-state index < -0.39 is 0 Å². The van der Waals surface area contributed by atoms with Crippen LogP contribution in [0.25, 0.3) is 0 Å². The largest absolute Gasteiger partial charge is 0.359 e. The van der Waals surface area contributed by atoms with Crippen molar-refractivity contribution < 1.29 is 0 Å². The molecule has 1 aliphatic heterocycles. The molecule has 1 fully saturated rings. The van der Waals surface area contributed by atoms with Crippen LogP contribution < -0.4 is 5.32 Å². The van der Waals surface area contributed by atoms with Gasteiger partial charge in [-0.25, -0.2) is 0 Å². The van der Waals surface area contributed by atoms with Gasteiger partial charge in [-0.05, 0) is 33.1 Å². The highest BCUT2D eigenvalue weighted by Crippen LogP contribution is 2.23. The highest BCUT2D eigenvalue weighted by Gasteiger charge is 2.27. The van der Waals surface area contributed by atoms with E-state index in [2.05, 4.69) is 44.9 Å². The Morgan fingerprint density at radius 2 is 2.07 bits per heavy atom. The molecule has 1 saturated heterocycles. The molecular formula is C11H22N2S. The van der Waals surface area contributed by atoms with Gasteiger partial charge in [0.2, 0.25) is 0 Å². The van der Waals surface area contributed by atoms with Gasteiger partial charge >= 0.3 is 0 Å². The zero-order valence-corrected chi connectivity index (χ0v) is 10.7. The minimum Gasteiger partial charge on any atom is -0.359 e. The van der Waals surface area contributed by atoms with Gasteiger partial charge in [-0.15, -0.1) is 0 Å². The van der Waals surface area contributed by atoms with Gasteiger partial charge < -0.3 is 5.32 Å². The Hall–Kier alpha value is -0.180. The van der Waals surface area contributed by atoms with E-state index in [1.54, 1.807) is 0 Å². The lowest BCUT2D eigenvalue weighted by molar-refractivity contribution is 0.512. The number of hydrogen-bond donors (Lipinski definition) is 1. The van der Waals surface area contributed by atoms with Crippen LogP contribution in [0.1, 0.15) is 41.0 Å². The fourth-order valence-electron chi connectivity index (χ4n) is 1.62. The summed E-state index contributed by atoms with van der Waals surface area (Å²) in [5, 5.41) is 4.58. The monoisotopic (exact) mass is 214 g/mol. The summed E-state index contributed by atoms with van der Waals surface area (Å²) in [6.45, 7) is 11.1. The van der Waals surface area contributed by atoms with Crippen LogP contribution in [0.2, 0.25) is 0 Å². The summed E-state index contributed by atoms with van der Waals surface area (Å²) in [5.41, 5.74) is 0.223. The van der Waals surface area contributed by atoms with E-state index in [4.69, 9.17) is 0 Å². The second kappa shape index (κ2) is 4.56. The molecule has 1 aliphatic rings. The third-order valence-corrected chi connectivity index (χ3v) is 3.51. The lowest BCUT2D eigenvalue weighted by Gasteiger charge is -2.16. The quantitative estimate of drug-likeness (QED) is 0.781. The van der Waals surface area contributed by atoms with Crippen molar-refractivity contribution in [2.45, 2.75) is 52.6 Å². The predicted molar refractivity (Wildman–Crippen MR) is 66.0 cm³/mol. The number of rotatable bonds is 3. The first-order valence-electron chi connectivity index (χ1n) is 5.38. The van der Waals surface area contributed by atoms with Crippen molar-refractivity contribution in [3.05, 3.63) is 0 Å². The van der Waals surface area contributed by atoms with Crippen LogP contribution in [-0.2, 0) is 0 Å². The summed E-state index contributed by atoms with van der Waals surface area (Å²) in [6.07, 6.45) is 1.17. The van der Waals surface area contributed by atoms with Crippen molar-refractivity contribution in [2.24, 2.45) is 10.9 Å². The van der Waals surface area contributed by atoms with Crippen molar-refractivity contribution in [3.63, 3.8) is 0 Å². The summed E-state index contributed by atoms with van der Waals surface area (Å²) >= 11 is 1.84. The lowest BCUT2D eigenvalue weighted by Crippen LogP contribution is -2.37. The van der Waals surface area contributed by atoms with Gasteiger partial charge in [-0.1, -0.05) is 25.6 Å². The Labute approximate surface area is 92.0 Å². The van der Waals surface area contributed by atoms with E-state index in [-0.39, 0.29) is 5.54 Å². The van der Waals surface area contributed by atoms with E-state index >= 15 is 0 Å². The van der Waals surface area contributed by atoms with Crippen LogP contribution >= 0.6 is 11.8 Å². The molecule has 14 heavy (non-hydrogen) atoms. The summed E-state index contributed by atoms with van der Waals surface area (Å²) in [6, 6.07) is 0.443. The fraction of sp³-hybridized carbons (Fsp3) is 0.909. The second-order valence-electron chi connectivity index (χ2n) is 5.21. The van der Waals surface area contributed by atoms with Crippen molar-refractivity contribution in [1.82, 2.24) is 5.32 Å². The van der Waals surface area contributed by atoms with Crippen molar-refractivity contribution in [3.8, 4) is 0 Å². The Bertz CT molecular complexity index is 221. The molecule has 0 radical (unpaired) electrons. The van der Waals surface area contributed by atoms with E-state index in [1.165, 1.54) is 6.42 Å². The lowest BCUT2D eigenvalue weighted by atomic mass is 10.1. The first kappa shape index (κ1) is 11.9. The van der Waals surface area contributed by atoms with E-state index in [1.807, 2.05) is 11.8 Å². The van der Waals surface area contributed by atoms with Gasteiger partial charge in [0, 0.05) is 11.3 Å². The third-order valence-electron chi connectivity index (χ3n) is 2.17. The van der Waals surface area contributed by atoms with Gasteiger partial charge in [0.15, 0.2) is 5.17 Å². The van der Waals surface area contributed by atoms with Crippen LogP contribution in [0, 0.1) is 5.92 Å². The molecule has 0 aromatic carbocycles. The van der Waals surface area contributed by atoms with Crippen LogP contribution in [0.15, 0.2) is 4.99 Å². The normalized spacial score (nSPS) is 25.4.